The van der Waals surface area contributed by atoms with Crippen molar-refractivity contribution in [2.45, 2.75) is 290 Å². The minimum Gasteiger partial charge on any atom is -0.462 e. The molecule has 0 saturated heterocycles. The van der Waals surface area contributed by atoms with Crippen LogP contribution in [0, 0.1) is 0 Å². The minimum atomic E-state index is -0.807. The van der Waals surface area contributed by atoms with Gasteiger partial charge in [0.05, 0.1) is 0 Å². The summed E-state index contributed by atoms with van der Waals surface area (Å²) in [5, 5.41) is 0. The lowest BCUT2D eigenvalue weighted by molar-refractivity contribution is -0.167. The molecular formula is C76H122O6. The molecule has 0 aliphatic carbocycles. The van der Waals surface area contributed by atoms with E-state index in [1.807, 2.05) is 0 Å². The zero-order valence-corrected chi connectivity index (χ0v) is 52.9. The fraction of sp³-hybridized carbons (Fsp3) is 0.618. The number of ether oxygens (including phenoxy) is 3. The quantitative estimate of drug-likeness (QED) is 0.0261. The zero-order chi connectivity index (χ0) is 59.2. The summed E-state index contributed by atoms with van der Waals surface area (Å²) in [7, 11) is 0. The van der Waals surface area contributed by atoms with Gasteiger partial charge < -0.3 is 14.2 Å². The first-order valence-electron chi connectivity index (χ1n) is 33.5. The van der Waals surface area contributed by atoms with Crippen LogP contribution in [0.3, 0.4) is 0 Å². The summed E-state index contributed by atoms with van der Waals surface area (Å²) in [6, 6.07) is 0. The zero-order valence-electron chi connectivity index (χ0n) is 52.9. The molecule has 0 rings (SSSR count). The molecule has 1 atom stereocenters. The van der Waals surface area contributed by atoms with Gasteiger partial charge in [0.25, 0.3) is 0 Å². The van der Waals surface area contributed by atoms with Crippen molar-refractivity contribution in [1.29, 1.82) is 0 Å². The third-order valence-corrected chi connectivity index (χ3v) is 13.7. The van der Waals surface area contributed by atoms with Crippen molar-refractivity contribution in [2.75, 3.05) is 13.2 Å². The second-order valence-corrected chi connectivity index (χ2v) is 21.6. The molecule has 462 valence electrons. The predicted octanol–water partition coefficient (Wildman–Crippen LogP) is 23.3. The van der Waals surface area contributed by atoms with Crippen molar-refractivity contribution in [3.05, 3.63) is 158 Å². The Bertz CT molecular complexity index is 1830. The molecule has 0 aromatic rings. The number of esters is 3. The Labute approximate surface area is 505 Å². The minimum absolute atomic E-state index is 0.100. The first-order valence-corrected chi connectivity index (χ1v) is 33.5. The van der Waals surface area contributed by atoms with E-state index in [1.165, 1.54) is 89.9 Å². The molecule has 0 bridgehead atoms. The topological polar surface area (TPSA) is 78.9 Å². The molecule has 0 N–H and O–H groups in total. The molecule has 0 amide bonds. The number of carbonyl (C=O) groups is 3. The number of hydrogen-bond acceptors (Lipinski definition) is 6. The van der Waals surface area contributed by atoms with Crippen LogP contribution in [0.15, 0.2) is 158 Å². The van der Waals surface area contributed by atoms with Gasteiger partial charge in [-0.2, -0.15) is 0 Å². The predicted molar refractivity (Wildman–Crippen MR) is 357 cm³/mol. The number of unbranched alkanes of at least 4 members (excludes halogenated alkanes) is 22. The summed E-state index contributed by atoms with van der Waals surface area (Å²) in [5.41, 5.74) is 0. The maximum Gasteiger partial charge on any atom is 0.306 e. The summed E-state index contributed by atoms with van der Waals surface area (Å²) >= 11 is 0. The van der Waals surface area contributed by atoms with Gasteiger partial charge in [-0.15, -0.1) is 0 Å². The highest BCUT2D eigenvalue weighted by atomic mass is 16.6. The fourth-order valence-electron chi connectivity index (χ4n) is 8.80. The highest BCUT2D eigenvalue weighted by Crippen LogP contribution is 2.15. The molecular weight excluding hydrogens is 1010 g/mol. The van der Waals surface area contributed by atoms with Crippen LogP contribution < -0.4 is 0 Å². The summed E-state index contributed by atoms with van der Waals surface area (Å²) in [6.07, 6.45) is 99.7. The van der Waals surface area contributed by atoms with Gasteiger partial charge in [-0.3, -0.25) is 14.4 Å². The first-order chi connectivity index (χ1) is 40.5. The van der Waals surface area contributed by atoms with E-state index in [-0.39, 0.29) is 37.5 Å². The standard InChI is InChI=1S/C76H122O6/c1-4-7-10-13-16-19-22-25-27-29-31-32-33-34-35-36-37-38-39-40-41-42-43-44-46-47-49-51-54-57-60-63-66-69-75(78)81-72-73(71-80-74(77)68-65-62-59-56-53-24-21-18-15-12-9-6-3)82-76(79)70-67-64-61-58-55-52-50-48-45-30-28-26-23-20-17-14-11-8-5-2/h7-8,10-11,16-21,25-28,31-32,34-35,37-38,40-41,45,48,52,55,73H,4-6,9,12-15,22-24,29-30,33,36,39,42-44,46-47,49-51,53-54,56-72H2,1-3H3/b10-7-,11-8-,19-16-,20-17-,21-18-,27-25-,28-26-,32-31-,35-34-,38-37-,41-40-,48-45-,55-52-. The highest BCUT2D eigenvalue weighted by Gasteiger charge is 2.19. The van der Waals surface area contributed by atoms with Crippen molar-refractivity contribution in [3.63, 3.8) is 0 Å². The molecule has 1 unspecified atom stereocenters. The molecule has 0 fully saturated rings. The van der Waals surface area contributed by atoms with Crippen molar-refractivity contribution >= 4 is 17.9 Å². The Balaban J connectivity index is 4.30. The van der Waals surface area contributed by atoms with Gasteiger partial charge in [0.15, 0.2) is 6.10 Å². The van der Waals surface area contributed by atoms with Gasteiger partial charge in [0.1, 0.15) is 13.2 Å². The average molecular weight is 1130 g/mol. The molecule has 6 heteroatoms. The maximum absolute atomic E-state index is 12.9. The van der Waals surface area contributed by atoms with Crippen LogP contribution in [-0.4, -0.2) is 37.2 Å². The summed E-state index contributed by atoms with van der Waals surface area (Å²) in [4.78, 5) is 38.3. The lowest BCUT2D eigenvalue weighted by Crippen LogP contribution is -2.30. The molecule has 82 heavy (non-hydrogen) atoms. The van der Waals surface area contributed by atoms with Crippen molar-refractivity contribution in [3.8, 4) is 0 Å². The van der Waals surface area contributed by atoms with Gasteiger partial charge in [-0.25, -0.2) is 0 Å². The largest absolute Gasteiger partial charge is 0.462 e. The van der Waals surface area contributed by atoms with Gasteiger partial charge in [0, 0.05) is 19.3 Å². The van der Waals surface area contributed by atoms with Crippen LogP contribution in [0.25, 0.3) is 0 Å². The molecule has 0 heterocycles. The molecule has 0 aromatic heterocycles. The molecule has 0 aliphatic rings. The third-order valence-electron chi connectivity index (χ3n) is 13.7. The van der Waals surface area contributed by atoms with Gasteiger partial charge in [-0.05, 0) is 148 Å². The van der Waals surface area contributed by atoms with E-state index in [0.29, 0.717) is 12.8 Å². The van der Waals surface area contributed by atoms with Gasteiger partial charge in [-0.1, -0.05) is 275 Å². The summed E-state index contributed by atoms with van der Waals surface area (Å²) in [5.74, 6) is -0.946. The van der Waals surface area contributed by atoms with E-state index < -0.39 is 6.10 Å². The average Bonchev–Trinajstić information content (AvgIpc) is 3.47. The van der Waals surface area contributed by atoms with E-state index in [4.69, 9.17) is 14.2 Å². The molecule has 0 spiro atoms. The third kappa shape index (κ3) is 65.8. The van der Waals surface area contributed by atoms with E-state index in [9.17, 15) is 14.4 Å². The Morgan fingerprint density at radius 2 is 0.476 bits per heavy atom. The van der Waals surface area contributed by atoms with Gasteiger partial charge in [0.2, 0.25) is 0 Å². The monoisotopic (exact) mass is 1130 g/mol. The van der Waals surface area contributed by atoms with Crippen molar-refractivity contribution < 1.29 is 28.6 Å². The van der Waals surface area contributed by atoms with Crippen LogP contribution in [0.1, 0.15) is 284 Å². The summed E-state index contributed by atoms with van der Waals surface area (Å²) in [6.45, 7) is 6.35. The molecule has 0 radical (unpaired) electrons. The second kappa shape index (κ2) is 68.5. The second-order valence-electron chi connectivity index (χ2n) is 21.6. The van der Waals surface area contributed by atoms with E-state index >= 15 is 0 Å². The molecule has 0 aromatic carbocycles. The smallest absolute Gasteiger partial charge is 0.306 e. The number of carbonyl (C=O) groups excluding carboxylic acids is 3. The first kappa shape index (κ1) is 77.0. The maximum atomic E-state index is 12.9. The number of rotatable bonds is 59. The van der Waals surface area contributed by atoms with E-state index in [1.54, 1.807) is 0 Å². The van der Waals surface area contributed by atoms with Crippen molar-refractivity contribution in [2.24, 2.45) is 0 Å². The lowest BCUT2D eigenvalue weighted by atomic mass is 10.0. The number of hydrogen-bond donors (Lipinski definition) is 0. The molecule has 6 nitrogen and oxygen atoms in total. The van der Waals surface area contributed by atoms with Crippen molar-refractivity contribution in [1.82, 2.24) is 0 Å². The fourth-order valence-corrected chi connectivity index (χ4v) is 8.80. The van der Waals surface area contributed by atoms with E-state index in [2.05, 4.69) is 179 Å². The molecule has 0 aliphatic heterocycles. The van der Waals surface area contributed by atoms with Crippen LogP contribution in [0.2, 0.25) is 0 Å². The lowest BCUT2D eigenvalue weighted by Gasteiger charge is -2.18. The van der Waals surface area contributed by atoms with Crippen LogP contribution in [-0.2, 0) is 28.6 Å². The van der Waals surface area contributed by atoms with Crippen LogP contribution >= 0.6 is 0 Å². The Morgan fingerprint density at radius 3 is 0.768 bits per heavy atom. The summed E-state index contributed by atoms with van der Waals surface area (Å²) < 4.78 is 16.9. The highest BCUT2D eigenvalue weighted by molar-refractivity contribution is 5.71. The normalized spacial score (nSPS) is 13.2. The number of allylic oxidation sites excluding steroid dienone is 26. The molecule has 0 saturated carbocycles. The SMILES string of the molecule is CC/C=C\C/C=C\C/C=C\C/C=C\C/C=C\C/C=C\C/C=C\CCCCCCCCCCCCCC(=O)OCC(COC(=O)CCCCCCC/C=C\CCCCC)OC(=O)CCCCC/C=C\C/C=C\C/C=C\C/C=C\C/C=C\CC. The van der Waals surface area contributed by atoms with E-state index in [0.717, 1.165) is 154 Å². The van der Waals surface area contributed by atoms with Crippen LogP contribution in [0.5, 0.6) is 0 Å². The Kier molecular flexibility index (Phi) is 64.4. The Morgan fingerprint density at radius 1 is 0.256 bits per heavy atom. The van der Waals surface area contributed by atoms with Gasteiger partial charge >= 0.3 is 17.9 Å². The Hall–Kier alpha value is -4.97. The van der Waals surface area contributed by atoms with Crippen LogP contribution in [0.4, 0.5) is 0 Å².